The molecule has 1 aliphatic rings. The lowest BCUT2D eigenvalue weighted by molar-refractivity contribution is -0.911. The molecule has 0 aromatic heterocycles. The van der Waals surface area contributed by atoms with Crippen molar-refractivity contribution in [3.05, 3.63) is 89.5 Å². The first-order chi connectivity index (χ1) is 19.6. The maximum Gasteiger partial charge on any atom is 0.338 e. The van der Waals surface area contributed by atoms with E-state index in [2.05, 4.69) is 12.4 Å². The number of anilines is 1. The number of benzene rings is 3. The highest BCUT2D eigenvalue weighted by atomic mass is 16.5. The Labute approximate surface area is 239 Å². The highest BCUT2D eigenvalue weighted by Gasteiger charge is 2.43. The number of amides is 3. The van der Waals surface area contributed by atoms with Crippen molar-refractivity contribution in [1.29, 1.82) is 0 Å². The predicted molar refractivity (Wildman–Crippen MR) is 154 cm³/mol. The van der Waals surface area contributed by atoms with Crippen molar-refractivity contribution >= 4 is 23.6 Å². The van der Waals surface area contributed by atoms with Crippen molar-refractivity contribution in [2.45, 2.75) is 38.4 Å². The van der Waals surface area contributed by atoms with E-state index in [1.54, 1.807) is 60.4 Å². The predicted octanol–water partition coefficient (Wildman–Crippen LogP) is 3.62. The maximum absolute atomic E-state index is 13.9. The van der Waals surface area contributed by atoms with Crippen LogP contribution >= 0.6 is 0 Å². The number of ether oxygens (including phenoxy) is 1. The molecule has 3 aromatic carbocycles. The summed E-state index contributed by atoms with van der Waals surface area (Å²) in [5.74, 6) is -0.785. The second-order valence-electron chi connectivity index (χ2n) is 10.7. The van der Waals surface area contributed by atoms with Gasteiger partial charge in [-0.15, -0.1) is 0 Å². The Morgan fingerprint density at radius 3 is 2.12 bits per heavy atom. The van der Waals surface area contributed by atoms with Crippen LogP contribution in [0.1, 0.15) is 34.8 Å². The third-order valence-corrected chi connectivity index (χ3v) is 7.46. The van der Waals surface area contributed by atoms with Gasteiger partial charge >= 0.3 is 12.0 Å². The lowest BCUT2D eigenvalue weighted by atomic mass is 10.0. The summed E-state index contributed by atoms with van der Waals surface area (Å²) in [6.07, 6.45) is 0.839. The number of nitrogens with two attached hydrogens (primary N) is 1. The van der Waals surface area contributed by atoms with E-state index in [9.17, 15) is 24.6 Å². The molecule has 10 nitrogen and oxygen atoms in total. The Morgan fingerprint density at radius 2 is 1.56 bits per heavy atom. The lowest BCUT2D eigenvalue weighted by Gasteiger charge is -2.36. The number of esters is 1. The van der Waals surface area contributed by atoms with E-state index in [-0.39, 0.29) is 30.6 Å². The van der Waals surface area contributed by atoms with Crippen molar-refractivity contribution in [3.63, 3.8) is 0 Å². The van der Waals surface area contributed by atoms with E-state index in [1.807, 2.05) is 12.1 Å². The van der Waals surface area contributed by atoms with Crippen LogP contribution in [0.3, 0.4) is 0 Å². The molecule has 1 heterocycles. The number of carbonyl (C=O) groups excluding carboxylic acids is 3. The van der Waals surface area contributed by atoms with Crippen molar-refractivity contribution in [2.24, 2.45) is 5.73 Å². The van der Waals surface area contributed by atoms with Crippen LogP contribution in [0.25, 0.3) is 0 Å². The molecule has 0 spiro atoms. The molecule has 1 fully saturated rings. The number of nitrogens with zero attached hydrogens (tertiary/aromatic N) is 2. The lowest BCUT2D eigenvalue weighted by Crippen LogP contribution is -2.56. The van der Waals surface area contributed by atoms with Gasteiger partial charge in [-0.2, -0.15) is 0 Å². The average Bonchev–Trinajstić information content (AvgIpc) is 3.32. The number of rotatable bonds is 10. The van der Waals surface area contributed by atoms with Gasteiger partial charge in [0.2, 0.25) is 5.91 Å². The van der Waals surface area contributed by atoms with Crippen LogP contribution in [-0.4, -0.2) is 76.3 Å². The molecule has 0 radical (unpaired) electrons. The molecule has 0 saturated carbocycles. The van der Waals surface area contributed by atoms with Gasteiger partial charge in [-0.3, -0.25) is 4.79 Å². The second-order valence-corrected chi connectivity index (χ2v) is 10.7. The van der Waals surface area contributed by atoms with E-state index in [4.69, 9.17) is 10.5 Å². The van der Waals surface area contributed by atoms with Gasteiger partial charge < -0.3 is 35.4 Å². The number of phenols is 2. The molecule has 5 N–H and O–H groups in total. The molecule has 10 heteroatoms. The molecule has 0 aliphatic carbocycles. The van der Waals surface area contributed by atoms with Crippen molar-refractivity contribution in [1.82, 2.24) is 4.90 Å². The van der Waals surface area contributed by atoms with Crippen LogP contribution in [0.2, 0.25) is 0 Å². The first-order valence-corrected chi connectivity index (χ1v) is 13.6. The van der Waals surface area contributed by atoms with Gasteiger partial charge in [-0.1, -0.05) is 12.1 Å². The minimum Gasteiger partial charge on any atom is -0.508 e. The largest absolute Gasteiger partial charge is 0.508 e. The molecular formula is C31H37N4O6+. The number of primary amides is 1. The van der Waals surface area contributed by atoms with Crippen LogP contribution in [0.15, 0.2) is 72.8 Å². The molecule has 3 aromatic rings. The summed E-state index contributed by atoms with van der Waals surface area (Å²) in [6.45, 7) is 4.05. The summed E-state index contributed by atoms with van der Waals surface area (Å²) in [5.41, 5.74) is 8.54. The first kappa shape index (κ1) is 29.4. The number of likely N-dealkylation sites (N-methyl/N-ethyl adjacent to an activating group) is 1. The van der Waals surface area contributed by atoms with Crippen molar-refractivity contribution in [2.75, 3.05) is 32.1 Å². The van der Waals surface area contributed by atoms with Crippen LogP contribution in [0, 0.1) is 0 Å². The molecule has 3 amide bonds. The minimum atomic E-state index is -0.941. The second kappa shape index (κ2) is 12.7. The third-order valence-electron chi connectivity index (χ3n) is 7.46. The summed E-state index contributed by atoms with van der Waals surface area (Å²) in [7, 11) is 2.11. The molecule has 216 valence electrons. The van der Waals surface area contributed by atoms with Crippen LogP contribution in [0.5, 0.6) is 11.5 Å². The van der Waals surface area contributed by atoms with Crippen LogP contribution in [0.4, 0.5) is 10.5 Å². The Bertz CT molecular complexity index is 1360. The smallest absolute Gasteiger partial charge is 0.338 e. The Hall–Kier alpha value is -4.57. The number of carbonyl (C=O) groups is 3. The number of phenolic OH excluding ortho intramolecular Hbond substituents is 2. The average molecular weight is 562 g/mol. The molecule has 1 unspecified atom stereocenters. The van der Waals surface area contributed by atoms with Crippen LogP contribution < -0.4 is 11.1 Å². The summed E-state index contributed by atoms with van der Waals surface area (Å²) in [4.78, 5) is 40.3. The monoisotopic (exact) mass is 561 g/mol. The van der Waals surface area contributed by atoms with Gasteiger partial charge in [0.05, 0.1) is 38.3 Å². The zero-order valence-corrected chi connectivity index (χ0v) is 23.3. The van der Waals surface area contributed by atoms with Gasteiger partial charge in [0.25, 0.3) is 0 Å². The van der Waals surface area contributed by atoms with E-state index in [0.717, 1.165) is 17.7 Å². The number of nitrogens with one attached hydrogen (secondary N) is 1. The van der Waals surface area contributed by atoms with E-state index in [1.165, 1.54) is 12.1 Å². The SMILES string of the molecule is CCOC(=O)c1ccc(NC(=O)N([C@@H]2CC[N+](C)(Cc3ccc(O)cc3)C2)[C@@H](Cc2ccc(O)cc2)C(N)=O)cc1. The molecular weight excluding hydrogens is 524 g/mol. The number of likely N-dealkylation sites (tertiary alicyclic amines) is 1. The summed E-state index contributed by atoms with van der Waals surface area (Å²) in [6, 6.07) is 18.2. The fraction of sp³-hybridized carbons (Fsp3) is 0.323. The standard InChI is InChI=1S/C31H36N4O6/c1-3-41-30(39)23-8-10-24(11-9-23)33-31(40)34(28(29(32)38)18-21-4-12-26(36)13-5-21)25-16-17-35(2,20-25)19-22-6-14-27(37)15-7-22/h4-15,25,28H,3,16-20H2,1-2H3,(H4-,32,33,36,37,38,39,40)/p+1/t25-,28+,35?/m1/s1. The Balaban J connectivity index is 1.59. The number of quaternary nitrogens is 1. The van der Waals surface area contributed by atoms with Crippen LogP contribution in [-0.2, 0) is 22.5 Å². The number of urea groups is 1. The number of hydrogen-bond donors (Lipinski definition) is 4. The van der Waals surface area contributed by atoms with E-state index < -0.39 is 23.9 Å². The number of hydrogen-bond acceptors (Lipinski definition) is 6. The quantitative estimate of drug-likeness (QED) is 0.220. The Morgan fingerprint density at radius 1 is 0.976 bits per heavy atom. The molecule has 41 heavy (non-hydrogen) atoms. The van der Waals surface area contributed by atoms with Crippen molar-refractivity contribution < 1.29 is 33.8 Å². The normalized spacial score (nSPS) is 18.8. The fourth-order valence-corrected chi connectivity index (χ4v) is 5.41. The van der Waals surface area contributed by atoms with Gasteiger partial charge in [-0.25, -0.2) is 9.59 Å². The fourth-order valence-electron chi connectivity index (χ4n) is 5.41. The van der Waals surface area contributed by atoms with Gasteiger partial charge in [0.15, 0.2) is 0 Å². The van der Waals surface area contributed by atoms with E-state index in [0.29, 0.717) is 35.2 Å². The summed E-state index contributed by atoms with van der Waals surface area (Å²) < 4.78 is 5.67. The maximum atomic E-state index is 13.9. The topological polar surface area (TPSA) is 142 Å². The zero-order valence-electron chi connectivity index (χ0n) is 23.3. The van der Waals surface area contributed by atoms with Gasteiger partial charge in [0.1, 0.15) is 24.1 Å². The zero-order chi connectivity index (χ0) is 29.6. The number of aromatic hydroxyl groups is 2. The van der Waals surface area contributed by atoms with Gasteiger partial charge in [-0.05, 0) is 73.2 Å². The van der Waals surface area contributed by atoms with Crippen molar-refractivity contribution in [3.8, 4) is 11.5 Å². The molecule has 1 aliphatic heterocycles. The summed E-state index contributed by atoms with van der Waals surface area (Å²) >= 11 is 0. The first-order valence-electron chi connectivity index (χ1n) is 13.6. The summed E-state index contributed by atoms with van der Waals surface area (Å²) in [5, 5.41) is 22.2. The highest BCUT2D eigenvalue weighted by molar-refractivity contribution is 5.95. The van der Waals surface area contributed by atoms with Gasteiger partial charge in [0, 0.05) is 24.1 Å². The minimum absolute atomic E-state index is 0.100. The molecule has 1 saturated heterocycles. The van der Waals surface area contributed by atoms with E-state index >= 15 is 0 Å². The molecule has 0 bridgehead atoms. The third kappa shape index (κ3) is 7.55. The Kier molecular flexibility index (Phi) is 9.14. The molecule has 4 rings (SSSR count). The highest BCUT2D eigenvalue weighted by Crippen LogP contribution is 2.28. The molecule has 3 atom stereocenters.